The van der Waals surface area contributed by atoms with Crippen molar-refractivity contribution in [3.63, 3.8) is 0 Å². The number of piperidine rings is 1. The van der Waals surface area contributed by atoms with Crippen molar-refractivity contribution in [3.8, 4) is 0 Å². The second-order valence-electron chi connectivity index (χ2n) is 7.76. The van der Waals surface area contributed by atoms with Crippen LogP contribution >= 0.6 is 0 Å². The monoisotopic (exact) mass is 385 g/mol. The van der Waals surface area contributed by atoms with Crippen LogP contribution < -0.4 is 0 Å². The molecule has 2 heterocycles. The van der Waals surface area contributed by atoms with Gasteiger partial charge in [0.2, 0.25) is 15.9 Å². The van der Waals surface area contributed by atoms with Gasteiger partial charge in [0, 0.05) is 32.1 Å². The van der Waals surface area contributed by atoms with Gasteiger partial charge in [0.05, 0.1) is 0 Å². The first-order valence-corrected chi connectivity index (χ1v) is 10.7. The van der Waals surface area contributed by atoms with E-state index in [1.54, 1.807) is 13.8 Å². The highest BCUT2D eigenvalue weighted by atomic mass is 32.2. The van der Waals surface area contributed by atoms with E-state index in [0.29, 0.717) is 43.3 Å². The van der Waals surface area contributed by atoms with Gasteiger partial charge < -0.3 is 9.42 Å². The Balaban J connectivity index is 2.02. The van der Waals surface area contributed by atoms with E-state index in [-0.39, 0.29) is 22.8 Å². The lowest BCUT2D eigenvalue weighted by Crippen LogP contribution is -2.45. The second-order valence-corrected chi connectivity index (χ2v) is 9.63. The maximum absolute atomic E-state index is 12.9. The Morgan fingerprint density at radius 2 is 1.85 bits per heavy atom. The van der Waals surface area contributed by atoms with Crippen LogP contribution in [0, 0.1) is 25.7 Å². The molecule has 1 saturated heterocycles. The Morgan fingerprint density at radius 1 is 1.27 bits per heavy atom. The lowest BCUT2D eigenvalue weighted by molar-refractivity contribution is -0.137. The van der Waals surface area contributed by atoms with Gasteiger partial charge in [0.1, 0.15) is 10.6 Å². The fourth-order valence-corrected chi connectivity index (χ4v) is 5.42. The molecule has 26 heavy (non-hydrogen) atoms. The van der Waals surface area contributed by atoms with Crippen molar-refractivity contribution in [2.24, 2.45) is 11.8 Å². The van der Waals surface area contributed by atoms with Gasteiger partial charge in [0.25, 0.3) is 0 Å². The summed E-state index contributed by atoms with van der Waals surface area (Å²) in [5, 5.41) is 3.74. The first-order chi connectivity index (χ1) is 12.1. The summed E-state index contributed by atoms with van der Waals surface area (Å²) < 4.78 is 32.2. The summed E-state index contributed by atoms with van der Waals surface area (Å²) in [5.41, 5.74) is 0.378. The van der Waals surface area contributed by atoms with Crippen molar-refractivity contribution in [1.29, 1.82) is 0 Å². The van der Waals surface area contributed by atoms with E-state index in [0.717, 1.165) is 6.42 Å². The van der Waals surface area contributed by atoms with Crippen molar-refractivity contribution in [1.82, 2.24) is 14.4 Å². The molecule has 0 saturated carbocycles. The van der Waals surface area contributed by atoms with Gasteiger partial charge in [-0.2, -0.15) is 4.31 Å². The molecule has 1 fully saturated rings. The number of rotatable bonds is 6. The van der Waals surface area contributed by atoms with Crippen molar-refractivity contribution >= 4 is 15.9 Å². The van der Waals surface area contributed by atoms with Crippen molar-refractivity contribution in [2.45, 2.75) is 64.8 Å². The first-order valence-electron chi connectivity index (χ1n) is 9.25. The normalized spacial score (nSPS) is 18.3. The number of aryl methyl sites for hydroxylation is 2. The number of amides is 1. The van der Waals surface area contributed by atoms with E-state index >= 15 is 0 Å². The Hall–Kier alpha value is -1.41. The molecule has 1 unspecified atom stereocenters. The highest BCUT2D eigenvalue weighted by Gasteiger charge is 2.36. The summed E-state index contributed by atoms with van der Waals surface area (Å²) >= 11 is 0. The summed E-state index contributed by atoms with van der Waals surface area (Å²) in [4.78, 5) is 14.7. The molecule has 0 bridgehead atoms. The van der Waals surface area contributed by atoms with Crippen LogP contribution in [0.2, 0.25) is 0 Å². The molecule has 7 nitrogen and oxygen atoms in total. The van der Waals surface area contributed by atoms with Crippen LogP contribution in [0.25, 0.3) is 0 Å². The average molecular weight is 386 g/mol. The molecule has 1 atom stereocenters. The molecule has 0 aliphatic carbocycles. The number of carbonyl (C=O) groups excluding carboxylic acids is 1. The molecule has 0 aromatic carbocycles. The third-order valence-corrected chi connectivity index (χ3v) is 7.33. The lowest BCUT2D eigenvalue weighted by atomic mass is 9.95. The van der Waals surface area contributed by atoms with Crippen LogP contribution in [0.3, 0.4) is 0 Å². The van der Waals surface area contributed by atoms with Crippen LogP contribution in [0.1, 0.15) is 51.5 Å². The van der Waals surface area contributed by atoms with Crippen molar-refractivity contribution < 1.29 is 17.7 Å². The highest BCUT2D eigenvalue weighted by Crippen LogP contribution is 2.28. The van der Waals surface area contributed by atoms with Gasteiger partial charge >= 0.3 is 0 Å². The third kappa shape index (κ3) is 4.28. The summed E-state index contributed by atoms with van der Waals surface area (Å²) in [6, 6.07) is 0.187. The predicted molar refractivity (Wildman–Crippen MR) is 99.1 cm³/mol. The van der Waals surface area contributed by atoms with Crippen molar-refractivity contribution in [3.05, 3.63) is 11.5 Å². The minimum Gasteiger partial charge on any atom is -0.360 e. The zero-order chi connectivity index (χ0) is 19.6. The molecule has 0 radical (unpaired) electrons. The average Bonchev–Trinajstić information content (AvgIpc) is 2.92. The van der Waals surface area contributed by atoms with Gasteiger partial charge in [-0.3, -0.25) is 4.79 Å². The number of sulfonamides is 1. The smallest absolute Gasteiger partial charge is 0.248 e. The zero-order valence-corrected chi connectivity index (χ0v) is 17.5. The first kappa shape index (κ1) is 20.9. The second kappa shape index (κ2) is 8.08. The molecule has 1 aromatic rings. The maximum Gasteiger partial charge on any atom is 0.248 e. The molecule has 8 heteroatoms. The molecule has 1 aliphatic heterocycles. The SMILES string of the molecule is Cc1noc(C)c1S(=O)(=O)N1CCC(C(=O)N(C)C(C)CC(C)C)CC1. The van der Waals surface area contributed by atoms with Gasteiger partial charge in [-0.1, -0.05) is 19.0 Å². The largest absolute Gasteiger partial charge is 0.360 e. The topological polar surface area (TPSA) is 83.7 Å². The van der Waals surface area contributed by atoms with E-state index in [9.17, 15) is 13.2 Å². The number of carbonyl (C=O) groups is 1. The molecule has 0 N–H and O–H groups in total. The summed E-state index contributed by atoms with van der Waals surface area (Å²) in [6.07, 6.45) is 2.04. The fraction of sp³-hybridized carbons (Fsp3) is 0.778. The fourth-order valence-electron chi connectivity index (χ4n) is 3.66. The molecule has 1 aliphatic rings. The zero-order valence-electron chi connectivity index (χ0n) is 16.7. The van der Waals surface area contributed by atoms with Crippen LogP contribution in [0.5, 0.6) is 0 Å². The minimum absolute atomic E-state index is 0.118. The van der Waals surface area contributed by atoms with Gasteiger partial charge in [0.15, 0.2) is 5.76 Å². The van der Waals surface area contributed by atoms with Crippen LogP contribution in [-0.2, 0) is 14.8 Å². The molecule has 0 spiro atoms. The number of aromatic nitrogens is 1. The molecular weight excluding hydrogens is 354 g/mol. The summed E-state index contributed by atoms with van der Waals surface area (Å²) in [7, 11) is -1.78. The summed E-state index contributed by atoms with van der Waals surface area (Å²) in [6.45, 7) is 10.3. The lowest BCUT2D eigenvalue weighted by Gasteiger charge is -2.34. The molecule has 1 aromatic heterocycles. The van der Waals surface area contributed by atoms with E-state index < -0.39 is 10.0 Å². The highest BCUT2D eigenvalue weighted by molar-refractivity contribution is 7.89. The van der Waals surface area contributed by atoms with E-state index in [4.69, 9.17) is 4.52 Å². The van der Waals surface area contributed by atoms with Gasteiger partial charge in [-0.05, 0) is 46.0 Å². The Bertz CT molecular complexity index is 714. The van der Waals surface area contributed by atoms with Crippen LogP contribution in [0.4, 0.5) is 0 Å². The van der Waals surface area contributed by atoms with Gasteiger partial charge in [-0.15, -0.1) is 0 Å². The van der Waals surface area contributed by atoms with E-state index in [2.05, 4.69) is 25.9 Å². The van der Waals surface area contributed by atoms with E-state index in [1.165, 1.54) is 4.31 Å². The summed E-state index contributed by atoms with van der Waals surface area (Å²) in [5.74, 6) is 0.837. The molecule has 2 rings (SSSR count). The third-order valence-electron chi connectivity index (χ3n) is 5.19. The number of nitrogens with zero attached hydrogens (tertiary/aromatic N) is 3. The Labute approximate surface area is 156 Å². The quantitative estimate of drug-likeness (QED) is 0.751. The van der Waals surface area contributed by atoms with Gasteiger partial charge in [-0.25, -0.2) is 8.42 Å². The standard InChI is InChI=1S/C18H31N3O4S/c1-12(2)11-13(3)20(6)18(22)16-7-9-21(10-8-16)26(23,24)17-14(4)19-25-15(17)5/h12-13,16H,7-11H2,1-6H3. The Kier molecular flexibility index (Phi) is 6.50. The maximum atomic E-state index is 12.9. The molecule has 148 valence electrons. The molecular formula is C18H31N3O4S. The number of hydrogen-bond acceptors (Lipinski definition) is 5. The van der Waals surface area contributed by atoms with Crippen LogP contribution in [0.15, 0.2) is 9.42 Å². The van der Waals surface area contributed by atoms with Crippen LogP contribution in [-0.4, -0.2) is 54.9 Å². The van der Waals surface area contributed by atoms with Crippen molar-refractivity contribution in [2.75, 3.05) is 20.1 Å². The predicted octanol–water partition coefficient (Wildman–Crippen LogP) is 2.59. The number of hydrogen-bond donors (Lipinski definition) is 0. The molecule has 1 amide bonds. The minimum atomic E-state index is -3.63. The Morgan fingerprint density at radius 3 is 2.31 bits per heavy atom. The van der Waals surface area contributed by atoms with E-state index in [1.807, 2.05) is 11.9 Å².